The molecule has 3 rings (SSSR count). The standard InChI is InChI=1S/C19H23N3O5/c23-18-17(20-15(19(24)25)11-13-7-3-1-4-8-13)16(22(26)27)12-21(18)14-9-5-2-6-10-14/h1,3-4,7-8,14-15,20H,2,5-6,9-12H2,(H,24,25)/t15-/m0/s1. The van der Waals surface area contributed by atoms with Gasteiger partial charge in [0, 0.05) is 12.5 Å². The van der Waals surface area contributed by atoms with Crippen molar-refractivity contribution >= 4 is 11.9 Å². The van der Waals surface area contributed by atoms with Crippen molar-refractivity contribution in [1.29, 1.82) is 0 Å². The Balaban J connectivity index is 1.80. The topological polar surface area (TPSA) is 113 Å². The maximum atomic E-state index is 12.8. The van der Waals surface area contributed by atoms with Crippen LogP contribution in [0.2, 0.25) is 0 Å². The summed E-state index contributed by atoms with van der Waals surface area (Å²) in [5.74, 6) is -1.62. The van der Waals surface area contributed by atoms with Crippen molar-refractivity contribution in [3.63, 3.8) is 0 Å². The van der Waals surface area contributed by atoms with Crippen molar-refractivity contribution in [2.45, 2.75) is 50.6 Å². The number of carbonyl (C=O) groups is 2. The molecule has 0 bridgehead atoms. The minimum atomic E-state index is -1.15. The number of hydrogen-bond acceptors (Lipinski definition) is 5. The van der Waals surface area contributed by atoms with Gasteiger partial charge in [-0.15, -0.1) is 0 Å². The highest BCUT2D eigenvalue weighted by Gasteiger charge is 2.42. The van der Waals surface area contributed by atoms with E-state index in [1.807, 2.05) is 6.07 Å². The fourth-order valence-electron chi connectivity index (χ4n) is 3.79. The SMILES string of the molecule is O=C(O)[C@H](Cc1ccccc1)NC1=C([N+](=O)[O-])CN(C2CCCCC2)C1=O. The zero-order chi connectivity index (χ0) is 19.4. The first-order valence-corrected chi connectivity index (χ1v) is 9.19. The van der Waals surface area contributed by atoms with Gasteiger partial charge >= 0.3 is 5.97 Å². The number of carbonyl (C=O) groups excluding carboxylic acids is 1. The van der Waals surface area contributed by atoms with Crippen LogP contribution in [-0.4, -0.2) is 45.4 Å². The van der Waals surface area contributed by atoms with Gasteiger partial charge in [0.15, 0.2) is 5.70 Å². The van der Waals surface area contributed by atoms with E-state index in [0.717, 1.165) is 37.7 Å². The Bertz CT molecular complexity index is 756. The van der Waals surface area contributed by atoms with Crippen LogP contribution in [0.15, 0.2) is 41.7 Å². The molecule has 27 heavy (non-hydrogen) atoms. The Hall–Kier alpha value is -2.90. The lowest BCUT2D eigenvalue weighted by Gasteiger charge is -2.30. The Morgan fingerprint density at radius 1 is 1.26 bits per heavy atom. The summed E-state index contributed by atoms with van der Waals surface area (Å²) in [5, 5.41) is 23.7. The van der Waals surface area contributed by atoms with Gasteiger partial charge < -0.3 is 15.3 Å². The van der Waals surface area contributed by atoms with Crippen molar-refractivity contribution in [2.24, 2.45) is 0 Å². The molecule has 1 atom stereocenters. The molecule has 0 unspecified atom stereocenters. The number of benzene rings is 1. The van der Waals surface area contributed by atoms with Gasteiger partial charge in [-0.1, -0.05) is 49.6 Å². The number of amides is 1. The molecule has 0 saturated heterocycles. The van der Waals surface area contributed by atoms with E-state index in [1.165, 1.54) is 4.90 Å². The van der Waals surface area contributed by atoms with E-state index in [4.69, 9.17) is 0 Å². The lowest BCUT2D eigenvalue weighted by Crippen LogP contribution is -2.44. The minimum Gasteiger partial charge on any atom is -0.480 e. The highest BCUT2D eigenvalue weighted by atomic mass is 16.6. The molecule has 1 aromatic rings. The molecule has 0 aromatic heterocycles. The maximum absolute atomic E-state index is 12.8. The van der Waals surface area contributed by atoms with Gasteiger partial charge in [0.1, 0.15) is 12.6 Å². The Morgan fingerprint density at radius 2 is 1.93 bits per heavy atom. The van der Waals surface area contributed by atoms with Crippen molar-refractivity contribution in [3.8, 4) is 0 Å². The number of carboxylic acids is 1. The van der Waals surface area contributed by atoms with Crippen molar-refractivity contribution < 1.29 is 19.6 Å². The monoisotopic (exact) mass is 373 g/mol. The number of aliphatic carboxylic acids is 1. The van der Waals surface area contributed by atoms with Crippen LogP contribution < -0.4 is 5.32 Å². The third-order valence-corrected chi connectivity index (χ3v) is 5.22. The summed E-state index contributed by atoms with van der Waals surface area (Å²) >= 11 is 0. The maximum Gasteiger partial charge on any atom is 0.326 e. The summed E-state index contributed by atoms with van der Waals surface area (Å²) in [4.78, 5) is 36.9. The average Bonchev–Trinajstić information content (AvgIpc) is 2.99. The van der Waals surface area contributed by atoms with Crippen LogP contribution in [0.5, 0.6) is 0 Å². The highest BCUT2D eigenvalue weighted by Crippen LogP contribution is 2.28. The molecule has 2 N–H and O–H groups in total. The lowest BCUT2D eigenvalue weighted by molar-refractivity contribution is -0.427. The molecular formula is C19H23N3O5. The first-order valence-electron chi connectivity index (χ1n) is 9.19. The molecule has 1 aromatic carbocycles. The van der Waals surface area contributed by atoms with Crippen LogP contribution in [-0.2, 0) is 16.0 Å². The quantitative estimate of drug-likeness (QED) is 0.558. The molecule has 1 amide bonds. The third-order valence-electron chi connectivity index (χ3n) is 5.22. The summed E-state index contributed by atoms with van der Waals surface area (Å²) in [6, 6.07) is 7.84. The molecule has 1 aliphatic carbocycles. The van der Waals surface area contributed by atoms with E-state index in [1.54, 1.807) is 24.3 Å². The highest BCUT2D eigenvalue weighted by molar-refractivity contribution is 5.97. The predicted molar refractivity (Wildman–Crippen MR) is 97.3 cm³/mol. The molecule has 144 valence electrons. The summed E-state index contributed by atoms with van der Waals surface area (Å²) in [5.41, 5.74) is 0.342. The molecular weight excluding hydrogens is 350 g/mol. The van der Waals surface area contributed by atoms with Gasteiger partial charge in [-0.05, 0) is 18.4 Å². The number of nitrogens with zero attached hydrogens (tertiary/aromatic N) is 2. The van der Waals surface area contributed by atoms with E-state index < -0.39 is 22.8 Å². The van der Waals surface area contributed by atoms with Crippen LogP contribution >= 0.6 is 0 Å². The Morgan fingerprint density at radius 3 is 2.52 bits per heavy atom. The molecule has 1 saturated carbocycles. The van der Waals surface area contributed by atoms with E-state index in [9.17, 15) is 24.8 Å². The van der Waals surface area contributed by atoms with Crippen LogP contribution in [0.3, 0.4) is 0 Å². The zero-order valence-electron chi connectivity index (χ0n) is 15.0. The van der Waals surface area contributed by atoms with Gasteiger partial charge in [-0.3, -0.25) is 14.9 Å². The number of carboxylic acid groups (broad SMARTS) is 1. The van der Waals surface area contributed by atoms with Gasteiger partial charge in [-0.2, -0.15) is 0 Å². The van der Waals surface area contributed by atoms with E-state index >= 15 is 0 Å². The first-order chi connectivity index (χ1) is 13.0. The summed E-state index contributed by atoms with van der Waals surface area (Å²) in [6.45, 7) is -0.0729. The second kappa shape index (κ2) is 8.20. The lowest BCUT2D eigenvalue weighted by atomic mass is 9.94. The van der Waals surface area contributed by atoms with Gasteiger partial charge in [0.05, 0.1) is 4.92 Å². The van der Waals surface area contributed by atoms with E-state index in [-0.39, 0.29) is 30.4 Å². The second-order valence-corrected chi connectivity index (χ2v) is 7.03. The first kappa shape index (κ1) is 18.9. The molecule has 8 nitrogen and oxygen atoms in total. The van der Waals surface area contributed by atoms with E-state index in [0.29, 0.717) is 0 Å². The smallest absolute Gasteiger partial charge is 0.326 e. The van der Waals surface area contributed by atoms with Gasteiger partial charge in [-0.25, -0.2) is 4.79 Å². The molecule has 0 spiro atoms. The van der Waals surface area contributed by atoms with Gasteiger partial charge in [0.25, 0.3) is 11.6 Å². The van der Waals surface area contributed by atoms with Crippen molar-refractivity contribution in [2.75, 3.05) is 6.54 Å². The number of nitrogens with one attached hydrogen (secondary N) is 1. The summed E-state index contributed by atoms with van der Waals surface area (Å²) in [6.07, 6.45) is 4.89. The Labute approximate surface area is 157 Å². The fourth-order valence-corrected chi connectivity index (χ4v) is 3.79. The normalized spacial score (nSPS) is 19.3. The van der Waals surface area contributed by atoms with Crippen molar-refractivity contribution in [3.05, 3.63) is 57.4 Å². The fraction of sp³-hybridized carbons (Fsp3) is 0.474. The molecule has 2 aliphatic rings. The zero-order valence-corrected chi connectivity index (χ0v) is 15.0. The molecule has 1 aliphatic heterocycles. The van der Waals surface area contributed by atoms with Crippen LogP contribution in [0.25, 0.3) is 0 Å². The summed E-state index contributed by atoms with van der Waals surface area (Å²) < 4.78 is 0. The largest absolute Gasteiger partial charge is 0.480 e. The van der Waals surface area contributed by atoms with Crippen LogP contribution in [0.1, 0.15) is 37.7 Å². The number of rotatable bonds is 7. The Kier molecular flexibility index (Phi) is 5.73. The van der Waals surface area contributed by atoms with Crippen molar-refractivity contribution in [1.82, 2.24) is 10.2 Å². The van der Waals surface area contributed by atoms with E-state index in [2.05, 4.69) is 5.32 Å². The molecule has 0 radical (unpaired) electrons. The average molecular weight is 373 g/mol. The van der Waals surface area contributed by atoms with Crippen LogP contribution in [0, 0.1) is 10.1 Å². The number of nitro groups is 1. The summed E-state index contributed by atoms with van der Waals surface area (Å²) in [7, 11) is 0. The molecule has 8 heteroatoms. The minimum absolute atomic E-state index is 0.0158. The molecule has 1 heterocycles. The third kappa shape index (κ3) is 4.27. The number of hydrogen-bond donors (Lipinski definition) is 2. The van der Waals surface area contributed by atoms with Crippen LogP contribution in [0.4, 0.5) is 0 Å². The molecule has 1 fully saturated rings. The van der Waals surface area contributed by atoms with Gasteiger partial charge in [0.2, 0.25) is 0 Å². The second-order valence-electron chi connectivity index (χ2n) is 7.03. The predicted octanol–water partition coefficient (Wildman–Crippen LogP) is 1.94.